The first-order valence-electron chi connectivity index (χ1n) is 4.63. The molecule has 0 amide bonds. The van der Waals surface area contributed by atoms with Crippen molar-refractivity contribution in [2.24, 2.45) is 0 Å². The van der Waals surface area contributed by atoms with Crippen LogP contribution in [0.4, 0.5) is 8.78 Å². The van der Waals surface area contributed by atoms with Crippen molar-refractivity contribution in [3.8, 4) is 0 Å². The van der Waals surface area contributed by atoms with E-state index in [0.717, 1.165) is 12.1 Å². The molecule has 88 valence electrons. The van der Waals surface area contributed by atoms with Crippen molar-refractivity contribution in [1.82, 2.24) is 15.2 Å². The Morgan fingerprint density at radius 2 is 1.89 bits per heavy atom. The number of hydrogen-bond donors (Lipinski definition) is 1. The van der Waals surface area contributed by atoms with Gasteiger partial charge in [0, 0.05) is 12.0 Å². The molecule has 0 aliphatic heterocycles. The van der Waals surface area contributed by atoms with Crippen molar-refractivity contribution in [3.05, 3.63) is 47.0 Å². The molecule has 1 N–H and O–H groups in total. The number of rotatable bonds is 3. The number of carboxylic acids is 1. The van der Waals surface area contributed by atoms with Crippen molar-refractivity contribution in [1.29, 1.82) is 0 Å². The summed E-state index contributed by atoms with van der Waals surface area (Å²) in [5.41, 5.74) is -0.200. The third-order valence-electron chi connectivity index (χ3n) is 2.13. The minimum Gasteiger partial charge on any atom is -0.542 e. The van der Waals surface area contributed by atoms with Crippen LogP contribution in [-0.4, -0.2) is 21.2 Å². The van der Waals surface area contributed by atoms with Crippen molar-refractivity contribution < 1.29 is 37.5 Å². The average Bonchev–Trinajstić information content (AvgIpc) is 2.72. The summed E-state index contributed by atoms with van der Waals surface area (Å²) in [6.45, 7) is 0. The van der Waals surface area contributed by atoms with Crippen LogP contribution in [0.15, 0.2) is 18.2 Å². The zero-order valence-electron chi connectivity index (χ0n) is 9.41. The summed E-state index contributed by atoms with van der Waals surface area (Å²) in [5, 5.41) is 17.1. The first kappa shape index (κ1) is 14.3. The van der Waals surface area contributed by atoms with E-state index in [1.54, 1.807) is 0 Å². The van der Waals surface area contributed by atoms with Crippen LogP contribution in [0.1, 0.15) is 22.0 Å². The topological polar surface area (TPSA) is 81.7 Å². The molecule has 0 bridgehead atoms. The Balaban J connectivity index is 0.00000162. The van der Waals surface area contributed by atoms with Crippen molar-refractivity contribution in [2.75, 3.05) is 0 Å². The monoisotopic (exact) mass is 245 g/mol. The summed E-state index contributed by atoms with van der Waals surface area (Å²) < 4.78 is 26.5. The fraction of sp³-hybridized carbons (Fsp3) is 0.100. The molecule has 1 aromatic carbocycles. The fourth-order valence-electron chi connectivity index (χ4n) is 1.34. The molecule has 0 spiro atoms. The summed E-state index contributed by atoms with van der Waals surface area (Å²) in [6, 6.07) is 3.45. The number of aromatic amines is 1. The van der Waals surface area contributed by atoms with E-state index in [4.69, 9.17) is 0 Å². The van der Waals surface area contributed by atoms with Gasteiger partial charge in [-0.1, -0.05) is 6.07 Å². The predicted molar refractivity (Wildman–Crippen MR) is 49.9 cm³/mol. The number of halogens is 2. The summed E-state index contributed by atoms with van der Waals surface area (Å²) >= 11 is 0. The van der Waals surface area contributed by atoms with E-state index in [1.807, 2.05) is 0 Å². The number of hydrogen-bond acceptors (Lipinski definition) is 4. The Bertz CT molecular complexity index is 554. The van der Waals surface area contributed by atoms with E-state index < -0.39 is 23.4 Å². The van der Waals surface area contributed by atoms with Crippen LogP contribution in [-0.2, 0) is 6.42 Å². The summed E-state index contributed by atoms with van der Waals surface area (Å²) in [6.07, 6.45) is -0.210. The SMILES string of the molecule is O=C([O-])c1nnc(Cc2c(F)cccc2F)[nH]1.[Li+]. The second-order valence-corrected chi connectivity index (χ2v) is 3.28. The zero-order chi connectivity index (χ0) is 12.4. The third-order valence-corrected chi connectivity index (χ3v) is 2.13. The van der Waals surface area contributed by atoms with Crippen molar-refractivity contribution in [3.63, 3.8) is 0 Å². The number of carbonyl (C=O) groups excluding carboxylic acids is 1. The summed E-state index contributed by atoms with van der Waals surface area (Å²) in [5.74, 6) is -3.41. The quantitative estimate of drug-likeness (QED) is 0.586. The standard InChI is InChI=1S/C10H7F2N3O2.Li/c11-6-2-1-3-7(12)5(6)4-8-13-9(10(16)17)15-14-8;/h1-3H,4H2,(H,16,17)(H,13,14,15);/q;+1/p-1. The molecule has 5 nitrogen and oxygen atoms in total. The average molecular weight is 245 g/mol. The van der Waals surface area contributed by atoms with Crippen LogP contribution < -0.4 is 24.0 Å². The molecule has 0 saturated heterocycles. The molecule has 0 saturated carbocycles. The minimum atomic E-state index is -1.53. The van der Waals surface area contributed by atoms with Gasteiger partial charge in [-0.3, -0.25) is 0 Å². The molecule has 0 unspecified atom stereocenters. The largest absolute Gasteiger partial charge is 1.00 e. The molecule has 0 radical (unpaired) electrons. The maximum absolute atomic E-state index is 13.3. The van der Waals surface area contributed by atoms with Crippen LogP contribution in [0.5, 0.6) is 0 Å². The van der Waals surface area contributed by atoms with E-state index >= 15 is 0 Å². The van der Waals surface area contributed by atoms with Gasteiger partial charge >= 0.3 is 18.9 Å². The zero-order valence-corrected chi connectivity index (χ0v) is 9.41. The van der Waals surface area contributed by atoms with Gasteiger partial charge in [0.25, 0.3) is 0 Å². The molecule has 2 aromatic rings. The Kier molecular flexibility index (Phi) is 4.59. The summed E-state index contributed by atoms with van der Waals surface area (Å²) in [4.78, 5) is 12.7. The molecular formula is C10H6F2LiN3O2. The smallest absolute Gasteiger partial charge is 0.542 e. The number of benzene rings is 1. The third kappa shape index (κ3) is 2.94. The van der Waals surface area contributed by atoms with Gasteiger partial charge in [-0.2, -0.15) is 0 Å². The van der Waals surface area contributed by atoms with E-state index in [0.29, 0.717) is 0 Å². The Hall–Kier alpha value is -1.71. The first-order chi connectivity index (χ1) is 8.08. The van der Waals surface area contributed by atoms with Gasteiger partial charge in [-0.05, 0) is 12.1 Å². The number of aromatic carboxylic acids is 1. The second kappa shape index (κ2) is 5.75. The Labute approximate surface area is 112 Å². The number of nitrogens with zero attached hydrogens (tertiary/aromatic N) is 2. The Morgan fingerprint density at radius 3 is 2.39 bits per heavy atom. The molecule has 0 fully saturated rings. The van der Waals surface area contributed by atoms with Crippen LogP contribution in [0, 0.1) is 11.6 Å². The van der Waals surface area contributed by atoms with Crippen LogP contribution in [0.3, 0.4) is 0 Å². The molecule has 8 heteroatoms. The number of nitrogens with one attached hydrogen (secondary N) is 1. The maximum Gasteiger partial charge on any atom is 1.00 e. The van der Waals surface area contributed by atoms with E-state index in [1.165, 1.54) is 6.07 Å². The van der Waals surface area contributed by atoms with E-state index in [2.05, 4.69) is 15.2 Å². The number of carbonyl (C=O) groups is 1. The first-order valence-corrected chi connectivity index (χ1v) is 4.63. The number of carboxylic acid groups (broad SMARTS) is 1. The summed E-state index contributed by atoms with van der Waals surface area (Å²) in [7, 11) is 0. The second-order valence-electron chi connectivity index (χ2n) is 3.28. The fourth-order valence-corrected chi connectivity index (χ4v) is 1.34. The van der Waals surface area contributed by atoms with Crippen molar-refractivity contribution >= 4 is 5.97 Å². The van der Waals surface area contributed by atoms with E-state index in [9.17, 15) is 18.7 Å². The van der Waals surface area contributed by atoms with Crippen LogP contribution in [0.25, 0.3) is 0 Å². The van der Waals surface area contributed by atoms with Crippen LogP contribution >= 0.6 is 0 Å². The Morgan fingerprint density at radius 1 is 1.28 bits per heavy atom. The molecular weight excluding hydrogens is 239 g/mol. The van der Waals surface area contributed by atoms with Gasteiger partial charge in [-0.25, -0.2) is 8.78 Å². The molecule has 0 aliphatic rings. The molecule has 0 atom stereocenters. The van der Waals surface area contributed by atoms with Gasteiger partial charge in [0.05, 0.1) is 0 Å². The molecule has 1 heterocycles. The van der Waals surface area contributed by atoms with Gasteiger partial charge in [0.15, 0.2) is 5.82 Å². The maximum atomic E-state index is 13.3. The molecule has 0 aliphatic carbocycles. The van der Waals surface area contributed by atoms with Gasteiger partial charge in [-0.15, -0.1) is 10.2 Å². The number of aromatic nitrogens is 3. The van der Waals surface area contributed by atoms with E-state index in [-0.39, 0.29) is 36.7 Å². The number of H-pyrrole nitrogens is 1. The van der Waals surface area contributed by atoms with Gasteiger partial charge in [0.2, 0.25) is 0 Å². The normalized spacial score (nSPS) is 9.89. The molecule has 18 heavy (non-hydrogen) atoms. The minimum absolute atomic E-state index is 0. The molecule has 1 aromatic heterocycles. The van der Waals surface area contributed by atoms with Crippen molar-refractivity contribution in [2.45, 2.75) is 6.42 Å². The predicted octanol–water partition coefficient (Wildman–Crippen LogP) is -2.96. The van der Waals surface area contributed by atoms with Gasteiger partial charge in [0.1, 0.15) is 23.4 Å². The molecule has 2 rings (SSSR count). The van der Waals surface area contributed by atoms with Gasteiger partial charge < -0.3 is 14.9 Å². The van der Waals surface area contributed by atoms with Crippen LogP contribution in [0.2, 0.25) is 0 Å².